The SMILES string of the molecule is CC(C)N(CC1CC1)c1ccncc1CN. The van der Waals surface area contributed by atoms with Crippen molar-refractivity contribution >= 4 is 5.69 Å². The molecule has 0 aromatic carbocycles. The van der Waals surface area contributed by atoms with Gasteiger partial charge in [0.25, 0.3) is 0 Å². The average Bonchev–Trinajstić information content (AvgIpc) is 3.09. The number of hydrogen-bond acceptors (Lipinski definition) is 3. The van der Waals surface area contributed by atoms with E-state index < -0.39 is 0 Å². The molecule has 1 aliphatic rings. The van der Waals surface area contributed by atoms with Crippen molar-refractivity contribution in [3.8, 4) is 0 Å². The summed E-state index contributed by atoms with van der Waals surface area (Å²) in [5, 5.41) is 0. The molecule has 1 aromatic heterocycles. The first kappa shape index (κ1) is 11.4. The van der Waals surface area contributed by atoms with Crippen molar-refractivity contribution in [1.82, 2.24) is 4.98 Å². The minimum atomic E-state index is 0.522. The van der Waals surface area contributed by atoms with Crippen LogP contribution in [0.4, 0.5) is 5.69 Å². The average molecular weight is 219 g/mol. The van der Waals surface area contributed by atoms with Crippen LogP contribution >= 0.6 is 0 Å². The largest absolute Gasteiger partial charge is 0.368 e. The van der Waals surface area contributed by atoms with Crippen molar-refractivity contribution in [3.05, 3.63) is 24.0 Å². The van der Waals surface area contributed by atoms with Gasteiger partial charge in [0, 0.05) is 42.8 Å². The predicted molar refractivity (Wildman–Crippen MR) is 67.3 cm³/mol. The molecule has 3 heteroatoms. The molecular weight excluding hydrogens is 198 g/mol. The third-order valence-corrected chi connectivity index (χ3v) is 3.18. The topological polar surface area (TPSA) is 42.2 Å². The van der Waals surface area contributed by atoms with Gasteiger partial charge in [-0.2, -0.15) is 0 Å². The summed E-state index contributed by atoms with van der Waals surface area (Å²) >= 11 is 0. The highest BCUT2D eigenvalue weighted by atomic mass is 15.2. The summed E-state index contributed by atoms with van der Waals surface area (Å²) in [5.74, 6) is 0.890. The second kappa shape index (κ2) is 4.83. The van der Waals surface area contributed by atoms with E-state index in [0.717, 1.165) is 18.0 Å². The normalized spacial score (nSPS) is 15.5. The molecule has 1 saturated carbocycles. The standard InChI is InChI=1S/C13H21N3/c1-10(2)16(9-11-3-4-11)13-5-6-15-8-12(13)7-14/h5-6,8,10-11H,3-4,7,9,14H2,1-2H3. The molecule has 2 N–H and O–H groups in total. The first-order valence-corrected chi connectivity index (χ1v) is 6.12. The fourth-order valence-electron chi connectivity index (χ4n) is 2.02. The Hall–Kier alpha value is -1.09. The van der Waals surface area contributed by atoms with Gasteiger partial charge in [-0.15, -0.1) is 0 Å². The van der Waals surface area contributed by atoms with E-state index in [2.05, 4.69) is 29.8 Å². The predicted octanol–water partition coefficient (Wildman–Crippen LogP) is 2.17. The minimum Gasteiger partial charge on any atom is -0.368 e. The maximum atomic E-state index is 5.77. The van der Waals surface area contributed by atoms with E-state index >= 15 is 0 Å². The lowest BCUT2D eigenvalue weighted by molar-refractivity contribution is 0.641. The van der Waals surface area contributed by atoms with Gasteiger partial charge in [-0.3, -0.25) is 4.98 Å². The summed E-state index contributed by atoms with van der Waals surface area (Å²) in [5.41, 5.74) is 8.18. The number of pyridine rings is 1. The van der Waals surface area contributed by atoms with E-state index in [9.17, 15) is 0 Å². The highest BCUT2D eigenvalue weighted by molar-refractivity contribution is 5.53. The minimum absolute atomic E-state index is 0.522. The van der Waals surface area contributed by atoms with Gasteiger partial charge in [0.05, 0.1) is 0 Å². The molecule has 1 aromatic rings. The Morgan fingerprint density at radius 2 is 2.25 bits per heavy atom. The zero-order valence-corrected chi connectivity index (χ0v) is 10.2. The van der Waals surface area contributed by atoms with Crippen LogP contribution in [0.15, 0.2) is 18.5 Å². The molecule has 2 rings (SSSR count). The van der Waals surface area contributed by atoms with Crippen LogP contribution in [0.1, 0.15) is 32.3 Å². The number of hydrogen-bond donors (Lipinski definition) is 1. The highest BCUT2D eigenvalue weighted by Gasteiger charge is 2.26. The third-order valence-electron chi connectivity index (χ3n) is 3.18. The number of nitrogens with two attached hydrogens (primary N) is 1. The van der Waals surface area contributed by atoms with E-state index in [4.69, 9.17) is 5.73 Å². The van der Waals surface area contributed by atoms with Crippen LogP contribution in [0.3, 0.4) is 0 Å². The summed E-state index contributed by atoms with van der Waals surface area (Å²) in [6.45, 7) is 6.21. The summed E-state index contributed by atoms with van der Waals surface area (Å²) in [6, 6.07) is 2.61. The second-order valence-electron chi connectivity index (χ2n) is 4.90. The van der Waals surface area contributed by atoms with E-state index in [1.165, 1.54) is 18.5 Å². The molecule has 0 radical (unpaired) electrons. The fraction of sp³-hybridized carbons (Fsp3) is 0.615. The van der Waals surface area contributed by atoms with E-state index in [1.807, 2.05) is 12.4 Å². The monoisotopic (exact) mass is 219 g/mol. The zero-order valence-electron chi connectivity index (χ0n) is 10.2. The van der Waals surface area contributed by atoms with Crippen molar-refractivity contribution < 1.29 is 0 Å². The van der Waals surface area contributed by atoms with Crippen LogP contribution in [0, 0.1) is 5.92 Å². The molecule has 88 valence electrons. The van der Waals surface area contributed by atoms with Gasteiger partial charge in [0.15, 0.2) is 0 Å². The lowest BCUT2D eigenvalue weighted by atomic mass is 10.1. The molecule has 0 saturated heterocycles. The lowest BCUT2D eigenvalue weighted by Crippen LogP contribution is -2.33. The van der Waals surface area contributed by atoms with Crippen LogP contribution in [0.2, 0.25) is 0 Å². The first-order valence-electron chi connectivity index (χ1n) is 6.12. The molecule has 1 fully saturated rings. The second-order valence-corrected chi connectivity index (χ2v) is 4.90. The van der Waals surface area contributed by atoms with Crippen molar-refractivity contribution in [2.45, 2.75) is 39.3 Å². The number of rotatable bonds is 5. The van der Waals surface area contributed by atoms with Crippen LogP contribution in [0.5, 0.6) is 0 Å². The van der Waals surface area contributed by atoms with E-state index in [0.29, 0.717) is 12.6 Å². The quantitative estimate of drug-likeness (QED) is 0.825. The van der Waals surface area contributed by atoms with Crippen LogP contribution in [-0.2, 0) is 6.54 Å². The van der Waals surface area contributed by atoms with Gasteiger partial charge < -0.3 is 10.6 Å². The number of aromatic nitrogens is 1. The molecule has 0 atom stereocenters. The summed E-state index contributed by atoms with van der Waals surface area (Å²) in [7, 11) is 0. The van der Waals surface area contributed by atoms with Gasteiger partial charge in [-0.05, 0) is 38.7 Å². The Morgan fingerprint density at radius 3 is 2.81 bits per heavy atom. The molecular formula is C13H21N3. The first-order chi connectivity index (χ1) is 7.72. The maximum absolute atomic E-state index is 5.77. The molecule has 0 spiro atoms. The van der Waals surface area contributed by atoms with Crippen molar-refractivity contribution in [3.63, 3.8) is 0 Å². The van der Waals surface area contributed by atoms with Crippen LogP contribution < -0.4 is 10.6 Å². The Balaban J connectivity index is 2.22. The summed E-state index contributed by atoms with van der Waals surface area (Å²) in [6.07, 6.45) is 6.51. The maximum Gasteiger partial charge on any atom is 0.0445 e. The van der Waals surface area contributed by atoms with Gasteiger partial charge >= 0.3 is 0 Å². The zero-order chi connectivity index (χ0) is 11.5. The van der Waals surface area contributed by atoms with Crippen molar-refractivity contribution in [1.29, 1.82) is 0 Å². The van der Waals surface area contributed by atoms with Gasteiger partial charge in [-0.25, -0.2) is 0 Å². The highest BCUT2D eigenvalue weighted by Crippen LogP contribution is 2.33. The Bertz CT molecular complexity index is 345. The van der Waals surface area contributed by atoms with Gasteiger partial charge in [0.2, 0.25) is 0 Å². The molecule has 0 unspecified atom stereocenters. The van der Waals surface area contributed by atoms with E-state index in [1.54, 1.807) is 0 Å². The Morgan fingerprint density at radius 1 is 1.50 bits per heavy atom. The van der Waals surface area contributed by atoms with Crippen molar-refractivity contribution in [2.24, 2.45) is 11.7 Å². The number of nitrogens with zero attached hydrogens (tertiary/aromatic N) is 2. The molecule has 3 nitrogen and oxygen atoms in total. The molecule has 0 aliphatic heterocycles. The summed E-state index contributed by atoms with van der Waals surface area (Å²) < 4.78 is 0. The molecule has 1 aliphatic carbocycles. The fourth-order valence-corrected chi connectivity index (χ4v) is 2.02. The Labute approximate surface area is 97.7 Å². The molecule has 0 bridgehead atoms. The molecule has 1 heterocycles. The lowest BCUT2D eigenvalue weighted by Gasteiger charge is -2.30. The van der Waals surface area contributed by atoms with Gasteiger partial charge in [0.1, 0.15) is 0 Å². The summed E-state index contributed by atoms with van der Waals surface area (Å²) in [4.78, 5) is 6.61. The molecule has 0 amide bonds. The molecule has 16 heavy (non-hydrogen) atoms. The van der Waals surface area contributed by atoms with Crippen molar-refractivity contribution in [2.75, 3.05) is 11.4 Å². The smallest absolute Gasteiger partial charge is 0.0445 e. The Kier molecular flexibility index (Phi) is 3.44. The van der Waals surface area contributed by atoms with E-state index in [-0.39, 0.29) is 0 Å². The van der Waals surface area contributed by atoms with Crippen LogP contribution in [-0.4, -0.2) is 17.6 Å². The van der Waals surface area contributed by atoms with Gasteiger partial charge in [-0.1, -0.05) is 0 Å². The number of anilines is 1. The van der Waals surface area contributed by atoms with Crippen LogP contribution in [0.25, 0.3) is 0 Å². The third kappa shape index (κ3) is 2.53.